The lowest BCUT2D eigenvalue weighted by atomic mass is 9.40. The summed E-state index contributed by atoms with van der Waals surface area (Å²) < 4.78 is 6.59. The fraction of sp³-hybridized carbons (Fsp3) is 0.500. The van der Waals surface area contributed by atoms with Crippen LogP contribution in [0.3, 0.4) is 0 Å². The molecule has 1 aromatic carbocycles. The van der Waals surface area contributed by atoms with Gasteiger partial charge in [0.05, 0.1) is 5.41 Å². The Morgan fingerprint density at radius 3 is 2.28 bits per heavy atom. The largest absolute Gasteiger partial charge is 0.508 e. The van der Waals surface area contributed by atoms with Crippen LogP contribution >= 0.6 is 0 Å². The first kappa shape index (κ1) is 32.4. The number of benzene rings is 1. The summed E-state index contributed by atoms with van der Waals surface area (Å²) in [6, 6.07) is 6.03. The molecule has 0 amide bonds. The molecule has 1 aromatic rings. The number of carbonyl (C=O) groups excluding carboxylic acids is 3. The topological polar surface area (TPSA) is 80.7 Å². The van der Waals surface area contributed by atoms with E-state index < -0.39 is 33.4 Å². The zero-order chi connectivity index (χ0) is 32.1. The Bertz CT molecular complexity index is 1490. The van der Waals surface area contributed by atoms with Crippen LogP contribution in [0.2, 0.25) is 0 Å². The molecule has 0 radical (unpaired) electrons. The Morgan fingerprint density at radius 2 is 1.70 bits per heavy atom. The van der Waals surface area contributed by atoms with Gasteiger partial charge in [-0.3, -0.25) is 14.4 Å². The number of fused-ring (bicyclic) bond motifs is 1. The number of carbonyl (C=O) groups is 3. The Balaban J connectivity index is 2.08. The molecule has 2 aliphatic carbocycles. The van der Waals surface area contributed by atoms with Gasteiger partial charge in [0.2, 0.25) is 0 Å². The zero-order valence-electron chi connectivity index (χ0n) is 27.4. The standard InChI is InChI=1S/C38H48O5/c1-23(2)14-16-27(25(5)6)21-37-22-28(17-15-24(3)4)36(9,10)38(34(37)42)19-18-35(7,8)43-33(38)30(32(37)41)31(40)26-12-11-13-29(39)20-26/h11-15,18-20,27-28,39H,5,16-17,21-22H2,1-4,6-10H3. The van der Waals surface area contributed by atoms with E-state index in [-0.39, 0.29) is 46.7 Å². The first-order valence-electron chi connectivity index (χ1n) is 15.4. The third kappa shape index (κ3) is 5.41. The lowest BCUT2D eigenvalue weighted by Gasteiger charge is -2.62. The molecule has 4 rings (SSSR count). The Kier molecular flexibility index (Phi) is 8.47. The van der Waals surface area contributed by atoms with Crippen molar-refractivity contribution in [2.75, 3.05) is 0 Å². The summed E-state index contributed by atoms with van der Waals surface area (Å²) in [5, 5.41) is 10.2. The number of phenolic OH excluding ortho intramolecular Hbond substituents is 1. The third-order valence-corrected chi connectivity index (χ3v) is 10.0. The van der Waals surface area contributed by atoms with Crippen LogP contribution in [0, 0.1) is 28.1 Å². The number of hydrogen-bond acceptors (Lipinski definition) is 5. The quantitative estimate of drug-likeness (QED) is 0.136. The van der Waals surface area contributed by atoms with Crippen LogP contribution in [0.1, 0.15) is 98.4 Å². The van der Waals surface area contributed by atoms with Gasteiger partial charge in [0, 0.05) is 5.56 Å². The van der Waals surface area contributed by atoms with Crippen LogP contribution in [0.4, 0.5) is 0 Å². The van der Waals surface area contributed by atoms with E-state index in [4.69, 9.17) is 4.74 Å². The molecule has 1 N–H and O–H groups in total. The monoisotopic (exact) mass is 584 g/mol. The second-order valence-electron chi connectivity index (χ2n) is 14.6. The average Bonchev–Trinajstić information content (AvgIpc) is 2.90. The molecule has 5 heteroatoms. The van der Waals surface area contributed by atoms with Crippen molar-refractivity contribution in [2.45, 2.75) is 93.6 Å². The van der Waals surface area contributed by atoms with Crippen molar-refractivity contribution < 1.29 is 24.2 Å². The van der Waals surface area contributed by atoms with E-state index in [1.807, 2.05) is 46.8 Å². The van der Waals surface area contributed by atoms with Crippen molar-refractivity contribution in [3.05, 3.63) is 88.8 Å². The summed E-state index contributed by atoms with van der Waals surface area (Å²) >= 11 is 0. The molecule has 1 heterocycles. The van der Waals surface area contributed by atoms with E-state index in [0.29, 0.717) is 19.3 Å². The lowest BCUT2D eigenvalue weighted by molar-refractivity contribution is -0.170. The predicted molar refractivity (Wildman–Crippen MR) is 172 cm³/mol. The summed E-state index contributed by atoms with van der Waals surface area (Å²) in [6.07, 6.45) is 10.1. The van der Waals surface area contributed by atoms with Crippen LogP contribution in [0.25, 0.3) is 0 Å². The summed E-state index contributed by atoms with van der Waals surface area (Å²) in [5.74, 6) is -1.27. The molecule has 2 bridgehead atoms. The minimum atomic E-state index is -1.44. The molecule has 230 valence electrons. The van der Waals surface area contributed by atoms with Crippen molar-refractivity contribution in [1.29, 1.82) is 0 Å². The molecule has 1 spiro atoms. The molecule has 5 nitrogen and oxygen atoms in total. The summed E-state index contributed by atoms with van der Waals surface area (Å²) in [7, 11) is 0. The first-order valence-corrected chi connectivity index (χ1v) is 15.4. The normalized spacial score (nSPS) is 27.5. The lowest BCUT2D eigenvalue weighted by Crippen LogP contribution is -2.67. The number of Topliss-reactive ketones (excluding diaryl/α,β-unsaturated/α-hetero) is 3. The van der Waals surface area contributed by atoms with Crippen LogP contribution in [0.5, 0.6) is 5.75 Å². The van der Waals surface area contributed by atoms with Gasteiger partial charge in [0.1, 0.15) is 28.1 Å². The van der Waals surface area contributed by atoms with Crippen LogP contribution in [0.15, 0.2) is 83.2 Å². The molecule has 0 saturated heterocycles. The second kappa shape index (κ2) is 11.2. The molecule has 0 aromatic heterocycles. The van der Waals surface area contributed by atoms with Crippen LogP contribution in [-0.2, 0) is 14.3 Å². The van der Waals surface area contributed by atoms with Crippen molar-refractivity contribution in [3.8, 4) is 5.75 Å². The van der Waals surface area contributed by atoms with E-state index in [1.165, 1.54) is 17.7 Å². The number of ketones is 3. The number of allylic oxidation sites excluding steroid dienone is 7. The maximum absolute atomic E-state index is 15.3. The molecule has 4 atom stereocenters. The molecule has 1 aliphatic heterocycles. The van der Waals surface area contributed by atoms with Gasteiger partial charge in [0.25, 0.3) is 0 Å². The van der Waals surface area contributed by atoms with Crippen LogP contribution < -0.4 is 0 Å². The fourth-order valence-corrected chi connectivity index (χ4v) is 7.29. The number of rotatable bonds is 9. The number of hydrogen-bond donors (Lipinski definition) is 1. The van der Waals surface area contributed by atoms with Crippen molar-refractivity contribution >= 4 is 17.3 Å². The van der Waals surface area contributed by atoms with Gasteiger partial charge in [-0.15, -0.1) is 0 Å². The van der Waals surface area contributed by atoms with Crippen molar-refractivity contribution in [1.82, 2.24) is 0 Å². The van der Waals surface area contributed by atoms with E-state index in [0.717, 1.165) is 11.1 Å². The smallest absolute Gasteiger partial charge is 0.200 e. The highest BCUT2D eigenvalue weighted by molar-refractivity contribution is 6.35. The van der Waals surface area contributed by atoms with Crippen LogP contribution in [-0.4, -0.2) is 28.1 Å². The van der Waals surface area contributed by atoms with Gasteiger partial charge in [-0.25, -0.2) is 0 Å². The summed E-state index contributed by atoms with van der Waals surface area (Å²) in [5.41, 5.74) is -0.916. The average molecular weight is 585 g/mol. The minimum absolute atomic E-state index is 0.0415. The maximum Gasteiger partial charge on any atom is 0.200 e. The molecule has 43 heavy (non-hydrogen) atoms. The van der Waals surface area contributed by atoms with Gasteiger partial charge >= 0.3 is 0 Å². The summed E-state index contributed by atoms with van der Waals surface area (Å²) in [6.45, 7) is 22.3. The molecular formula is C38H48O5. The Hall–Kier alpha value is -3.47. The highest BCUT2D eigenvalue weighted by atomic mass is 16.5. The molecule has 4 unspecified atom stereocenters. The molecule has 1 saturated carbocycles. The highest BCUT2D eigenvalue weighted by Crippen LogP contribution is 2.68. The second-order valence-corrected chi connectivity index (χ2v) is 14.6. The fourth-order valence-electron chi connectivity index (χ4n) is 7.29. The first-order chi connectivity index (χ1) is 19.9. The molecular weight excluding hydrogens is 536 g/mol. The number of ether oxygens (including phenoxy) is 1. The SMILES string of the molecule is C=C(C)C(CC=C(C)C)CC12CC(CC=C(C)C)C(C)(C)C3(C=CC(C)(C)OC3=C(C(=O)c3cccc(O)c3)C1=O)C2=O. The van der Waals surface area contributed by atoms with Crippen molar-refractivity contribution in [3.63, 3.8) is 0 Å². The Morgan fingerprint density at radius 1 is 1.05 bits per heavy atom. The number of phenols is 1. The predicted octanol–water partition coefficient (Wildman–Crippen LogP) is 8.66. The van der Waals surface area contributed by atoms with E-state index in [2.05, 4.69) is 46.4 Å². The number of aromatic hydroxyl groups is 1. The van der Waals surface area contributed by atoms with E-state index >= 15 is 9.59 Å². The maximum atomic E-state index is 15.3. The zero-order valence-corrected chi connectivity index (χ0v) is 27.4. The van der Waals surface area contributed by atoms with E-state index in [1.54, 1.807) is 12.1 Å². The summed E-state index contributed by atoms with van der Waals surface area (Å²) in [4.78, 5) is 44.8. The van der Waals surface area contributed by atoms with Gasteiger partial charge in [-0.2, -0.15) is 0 Å². The Labute approximate surface area is 257 Å². The van der Waals surface area contributed by atoms with E-state index in [9.17, 15) is 9.90 Å². The minimum Gasteiger partial charge on any atom is -0.508 e. The molecule has 1 fully saturated rings. The van der Waals surface area contributed by atoms with Gasteiger partial charge in [-0.05, 0) is 110 Å². The van der Waals surface area contributed by atoms with Gasteiger partial charge in [0.15, 0.2) is 17.3 Å². The third-order valence-electron chi connectivity index (χ3n) is 10.0. The van der Waals surface area contributed by atoms with Crippen molar-refractivity contribution in [2.24, 2.45) is 28.1 Å². The highest BCUT2D eigenvalue weighted by Gasteiger charge is 2.73. The molecule has 3 aliphatic rings. The van der Waals surface area contributed by atoms with Gasteiger partial charge < -0.3 is 9.84 Å². The van der Waals surface area contributed by atoms with Gasteiger partial charge in [-0.1, -0.05) is 67.5 Å².